The van der Waals surface area contributed by atoms with Crippen molar-refractivity contribution in [1.29, 1.82) is 0 Å². The summed E-state index contributed by atoms with van der Waals surface area (Å²) in [6, 6.07) is 4.68. The Hall–Kier alpha value is -0.890. The average molecular weight is 285 g/mol. The van der Waals surface area contributed by atoms with Gasteiger partial charge >= 0.3 is 0 Å². The summed E-state index contributed by atoms with van der Waals surface area (Å²) in [4.78, 5) is 0. The molecule has 1 unspecified atom stereocenters. The highest BCUT2D eigenvalue weighted by atomic mass is 79.9. The number of benzene rings is 1. The molecule has 2 nitrogen and oxygen atoms in total. The topological polar surface area (TPSA) is 38.0 Å². The second-order valence-corrected chi connectivity index (χ2v) is 4.30. The van der Waals surface area contributed by atoms with Gasteiger partial charge in [-0.3, -0.25) is 11.3 Å². The summed E-state index contributed by atoms with van der Waals surface area (Å²) in [5, 5.41) is 0. The van der Waals surface area contributed by atoms with Crippen molar-refractivity contribution in [3.63, 3.8) is 0 Å². The van der Waals surface area contributed by atoms with Gasteiger partial charge in [-0.2, -0.15) is 0 Å². The van der Waals surface area contributed by atoms with E-state index in [0.29, 0.717) is 4.47 Å². The molecule has 1 aromatic carbocycles. The molecule has 0 heterocycles. The van der Waals surface area contributed by atoms with Crippen molar-refractivity contribution in [2.45, 2.75) is 25.8 Å². The zero-order valence-electron chi connectivity index (χ0n) is 9.06. The van der Waals surface area contributed by atoms with Gasteiger partial charge < -0.3 is 0 Å². The van der Waals surface area contributed by atoms with Crippen LogP contribution in [0.2, 0.25) is 0 Å². The van der Waals surface area contributed by atoms with Crippen molar-refractivity contribution >= 4 is 15.9 Å². The lowest BCUT2D eigenvalue weighted by atomic mass is 10.0. The fourth-order valence-electron chi connectivity index (χ4n) is 1.46. The molecule has 0 amide bonds. The molecule has 0 aliphatic carbocycles. The Balaban J connectivity index is 2.80. The molecule has 0 fully saturated rings. The van der Waals surface area contributed by atoms with Crippen LogP contribution in [0.25, 0.3) is 0 Å². The van der Waals surface area contributed by atoms with Gasteiger partial charge in [-0.1, -0.05) is 15.9 Å². The summed E-state index contributed by atoms with van der Waals surface area (Å²) in [5.41, 5.74) is 3.50. The molecule has 0 saturated heterocycles. The van der Waals surface area contributed by atoms with Crippen LogP contribution in [0.5, 0.6) is 0 Å². The van der Waals surface area contributed by atoms with Gasteiger partial charge in [0, 0.05) is 16.9 Å². The van der Waals surface area contributed by atoms with Crippen LogP contribution < -0.4 is 11.3 Å². The van der Waals surface area contributed by atoms with Crippen molar-refractivity contribution in [2.24, 2.45) is 5.84 Å². The van der Waals surface area contributed by atoms with Gasteiger partial charge in [0.2, 0.25) is 0 Å². The highest BCUT2D eigenvalue weighted by Crippen LogP contribution is 2.22. The first-order valence-electron chi connectivity index (χ1n) is 4.99. The zero-order valence-corrected chi connectivity index (χ0v) is 10.6. The summed E-state index contributed by atoms with van der Waals surface area (Å²) >= 11 is 3.26. The second-order valence-electron chi connectivity index (χ2n) is 3.39. The molecule has 0 bridgehead atoms. The lowest BCUT2D eigenvalue weighted by Gasteiger charge is -2.15. The Kier molecular flexibility index (Phi) is 5.47. The van der Waals surface area contributed by atoms with E-state index in [0.717, 1.165) is 18.4 Å². The molecule has 0 spiro atoms. The quantitative estimate of drug-likeness (QED) is 0.507. The Morgan fingerprint density at radius 1 is 1.50 bits per heavy atom. The maximum Gasteiger partial charge on any atom is 0.124 e. The zero-order chi connectivity index (χ0) is 12.0. The van der Waals surface area contributed by atoms with Gasteiger partial charge in [-0.15, -0.1) is 11.8 Å². The minimum atomic E-state index is -0.272. The van der Waals surface area contributed by atoms with E-state index in [1.165, 1.54) is 12.1 Å². The second kappa shape index (κ2) is 6.64. The van der Waals surface area contributed by atoms with Crippen LogP contribution in [0.3, 0.4) is 0 Å². The smallest absolute Gasteiger partial charge is 0.124 e. The van der Waals surface area contributed by atoms with E-state index in [1.807, 2.05) is 6.07 Å². The van der Waals surface area contributed by atoms with Crippen molar-refractivity contribution in [1.82, 2.24) is 5.43 Å². The SMILES string of the molecule is CC#CCCC(NN)c1cc(F)cc(Br)c1. The van der Waals surface area contributed by atoms with Crippen molar-refractivity contribution < 1.29 is 4.39 Å². The third-order valence-electron chi connectivity index (χ3n) is 2.22. The van der Waals surface area contributed by atoms with Crippen LogP contribution >= 0.6 is 15.9 Å². The molecule has 0 aliphatic heterocycles. The summed E-state index contributed by atoms with van der Waals surface area (Å²) in [7, 11) is 0. The summed E-state index contributed by atoms with van der Waals surface area (Å²) in [5.74, 6) is 11.0. The van der Waals surface area contributed by atoms with Crippen LogP contribution in [0.4, 0.5) is 4.39 Å². The van der Waals surface area contributed by atoms with Gasteiger partial charge in [-0.25, -0.2) is 4.39 Å². The number of nitrogens with one attached hydrogen (secondary N) is 1. The van der Waals surface area contributed by atoms with E-state index >= 15 is 0 Å². The lowest BCUT2D eigenvalue weighted by molar-refractivity contribution is 0.518. The van der Waals surface area contributed by atoms with Crippen molar-refractivity contribution in [3.05, 3.63) is 34.1 Å². The first-order chi connectivity index (χ1) is 7.67. The molecule has 0 saturated carbocycles. The van der Waals surface area contributed by atoms with Gasteiger partial charge in [0.15, 0.2) is 0 Å². The average Bonchev–Trinajstić information content (AvgIpc) is 2.23. The van der Waals surface area contributed by atoms with Crippen LogP contribution in [-0.2, 0) is 0 Å². The van der Waals surface area contributed by atoms with Gasteiger partial charge in [0.25, 0.3) is 0 Å². The van der Waals surface area contributed by atoms with E-state index in [2.05, 4.69) is 33.2 Å². The minimum Gasteiger partial charge on any atom is -0.271 e. The van der Waals surface area contributed by atoms with Crippen LogP contribution in [0.1, 0.15) is 31.4 Å². The number of halogens is 2. The Labute approximate surface area is 104 Å². The molecular formula is C12H14BrFN2. The summed E-state index contributed by atoms with van der Waals surface area (Å²) in [6.45, 7) is 1.80. The number of nitrogens with two attached hydrogens (primary N) is 1. The Morgan fingerprint density at radius 3 is 2.81 bits per heavy atom. The first-order valence-corrected chi connectivity index (χ1v) is 5.78. The van der Waals surface area contributed by atoms with Gasteiger partial charge in [0.05, 0.1) is 0 Å². The standard InChI is InChI=1S/C12H14BrFN2/c1-2-3-4-5-12(16-15)9-6-10(13)8-11(14)7-9/h6-8,12,16H,4-5,15H2,1H3. The predicted octanol–water partition coefficient (Wildman–Crippen LogP) is 2.90. The predicted molar refractivity (Wildman–Crippen MR) is 66.8 cm³/mol. The normalized spacial score (nSPS) is 11.8. The monoisotopic (exact) mass is 284 g/mol. The van der Waals surface area contributed by atoms with E-state index in [4.69, 9.17) is 5.84 Å². The fourth-order valence-corrected chi connectivity index (χ4v) is 1.95. The molecular weight excluding hydrogens is 271 g/mol. The van der Waals surface area contributed by atoms with Crippen molar-refractivity contribution in [3.8, 4) is 11.8 Å². The lowest BCUT2D eigenvalue weighted by Crippen LogP contribution is -2.28. The molecule has 1 atom stereocenters. The highest BCUT2D eigenvalue weighted by molar-refractivity contribution is 9.10. The maximum absolute atomic E-state index is 13.2. The maximum atomic E-state index is 13.2. The molecule has 1 aromatic rings. The number of hydrazine groups is 1. The van der Waals surface area contributed by atoms with E-state index in [9.17, 15) is 4.39 Å². The highest BCUT2D eigenvalue weighted by Gasteiger charge is 2.10. The minimum absolute atomic E-state index is 0.0761. The van der Waals surface area contributed by atoms with E-state index in [1.54, 1.807) is 6.92 Å². The van der Waals surface area contributed by atoms with Gasteiger partial charge in [0.1, 0.15) is 5.82 Å². The van der Waals surface area contributed by atoms with Crippen LogP contribution in [-0.4, -0.2) is 0 Å². The molecule has 16 heavy (non-hydrogen) atoms. The molecule has 1 rings (SSSR count). The first kappa shape index (κ1) is 13.2. The Bertz CT molecular complexity index is 389. The van der Waals surface area contributed by atoms with Crippen LogP contribution in [0, 0.1) is 17.7 Å². The number of hydrogen-bond donors (Lipinski definition) is 2. The fraction of sp³-hybridized carbons (Fsp3) is 0.333. The summed E-state index contributed by atoms with van der Waals surface area (Å²) in [6.07, 6.45) is 1.49. The summed E-state index contributed by atoms with van der Waals surface area (Å²) < 4.78 is 13.9. The molecule has 0 aliphatic rings. The third-order valence-corrected chi connectivity index (χ3v) is 2.68. The molecule has 0 radical (unpaired) electrons. The Morgan fingerprint density at radius 2 is 2.25 bits per heavy atom. The van der Waals surface area contributed by atoms with E-state index in [-0.39, 0.29) is 11.9 Å². The molecule has 3 N–H and O–H groups in total. The van der Waals surface area contributed by atoms with E-state index < -0.39 is 0 Å². The largest absolute Gasteiger partial charge is 0.271 e. The van der Waals surface area contributed by atoms with Crippen molar-refractivity contribution in [2.75, 3.05) is 0 Å². The third kappa shape index (κ3) is 3.93. The molecule has 4 heteroatoms. The van der Waals surface area contributed by atoms with Crippen LogP contribution in [0.15, 0.2) is 22.7 Å². The number of rotatable bonds is 4. The molecule has 0 aromatic heterocycles. The van der Waals surface area contributed by atoms with Gasteiger partial charge in [-0.05, 0) is 37.1 Å². The molecule has 86 valence electrons. The number of hydrogen-bond acceptors (Lipinski definition) is 2.